The van der Waals surface area contributed by atoms with Crippen LogP contribution in [0.4, 0.5) is 0 Å². The average molecular weight is 415 g/mol. The van der Waals surface area contributed by atoms with E-state index in [0.717, 1.165) is 41.6 Å². The van der Waals surface area contributed by atoms with Gasteiger partial charge in [0.05, 0.1) is 18.2 Å². The van der Waals surface area contributed by atoms with Crippen molar-refractivity contribution < 1.29 is 9.53 Å². The molecular formula is C21H22N2O3S2. The Morgan fingerprint density at radius 3 is 2.71 bits per heavy atom. The van der Waals surface area contributed by atoms with Gasteiger partial charge in [0.1, 0.15) is 10.1 Å². The molecule has 0 bridgehead atoms. The van der Waals surface area contributed by atoms with Crippen LogP contribution in [0.3, 0.4) is 0 Å². The number of rotatable bonds is 4. The predicted molar refractivity (Wildman–Crippen MR) is 114 cm³/mol. The number of benzene rings is 1. The molecule has 1 aliphatic rings. The molecule has 0 saturated carbocycles. The van der Waals surface area contributed by atoms with E-state index in [1.165, 1.54) is 35.7 Å². The average Bonchev–Trinajstić information content (AvgIpc) is 2.89. The van der Waals surface area contributed by atoms with Crippen LogP contribution < -0.4 is 5.56 Å². The highest BCUT2D eigenvalue weighted by Crippen LogP contribution is 2.35. The lowest BCUT2D eigenvalue weighted by Crippen LogP contribution is -2.24. The monoisotopic (exact) mass is 414 g/mol. The van der Waals surface area contributed by atoms with Crippen molar-refractivity contribution in [2.24, 2.45) is 0 Å². The molecule has 2 aromatic heterocycles. The van der Waals surface area contributed by atoms with E-state index < -0.39 is 5.25 Å². The lowest BCUT2D eigenvalue weighted by atomic mass is 10.1. The molecule has 3 aromatic rings. The smallest absolute Gasteiger partial charge is 0.318 e. The zero-order valence-corrected chi connectivity index (χ0v) is 17.6. The van der Waals surface area contributed by atoms with Crippen LogP contribution in [0.2, 0.25) is 0 Å². The third kappa shape index (κ3) is 3.49. The number of carbonyl (C=O) groups is 1. The Labute approximate surface area is 171 Å². The quantitative estimate of drug-likeness (QED) is 0.275. The molecular weight excluding hydrogens is 392 g/mol. The maximum Gasteiger partial charge on any atom is 0.318 e. The van der Waals surface area contributed by atoms with Gasteiger partial charge >= 0.3 is 5.97 Å². The number of nitrogens with zero attached hydrogens (tertiary/aromatic N) is 2. The molecule has 0 amide bonds. The van der Waals surface area contributed by atoms with E-state index >= 15 is 0 Å². The number of methoxy groups -OCH3 is 1. The molecule has 1 aromatic carbocycles. The number of fused-ring (bicyclic) bond motifs is 3. The standard InChI is InChI=1S/C21H22N2O3S2/c1-13(20(25)26-2)27-21-22-18-17(15-11-7-4-8-12-16(15)28-18)19(24)23(21)14-9-5-3-6-10-14/h3,5-6,9-10,13H,4,7-8,11-12H2,1-2H3/t13-/m1/s1. The van der Waals surface area contributed by atoms with E-state index in [1.54, 1.807) is 22.8 Å². The molecule has 0 unspecified atom stereocenters. The zero-order valence-electron chi connectivity index (χ0n) is 15.9. The van der Waals surface area contributed by atoms with E-state index in [0.29, 0.717) is 5.16 Å². The van der Waals surface area contributed by atoms with Crippen LogP contribution in [-0.4, -0.2) is 27.9 Å². The molecule has 1 atom stereocenters. The first-order chi connectivity index (χ1) is 13.6. The first-order valence-corrected chi connectivity index (χ1v) is 11.2. The summed E-state index contributed by atoms with van der Waals surface area (Å²) in [7, 11) is 1.37. The minimum atomic E-state index is -0.456. The summed E-state index contributed by atoms with van der Waals surface area (Å²) in [6.45, 7) is 1.77. The summed E-state index contributed by atoms with van der Waals surface area (Å²) in [6.07, 6.45) is 5.43. The second-order valence-corrected chi connectivity index (χ2v) is 9.29. The molecule has 0 spiro atoms. The van der Waals surface area contributed by atoms with Gasteiger partial charge in [0.25, 0.3) is 5.56 Å². The summed E-state index contributed by atoms with van der Waals surface area (Å²) in [5.41, 5.74) is 1.89. The first-order valence-electron chi connectivity index (χ1n) is 9.47. The van der Waals surface area contributed by atoms with Crippen LogP contribution in [0, 0.1) is 0 Å². The largest absolute Gasteiger partial charge is 0.468 e. The molecule has 4 rings (SSSR count). The van der Waals surface area contributed by atoms with Gasteiger partial charge in [-0.3, -0.25) is 14.2 Å². The minimum absolute atomic E-state index is 0.0461. The highest BCUT2D eigenvalue weighted by Gasteiger charge is 2.24. The lowest BCUT2D eigenvalue weighted by Gasteiger charge is -2.15. The van der Waals surface area contributed by atoms with Gasteiger partial charge in [0.15, 0.2) is 5.16 Å². The number of thiophene rings is 1. The number of hydrogen-bond acceptors (Lipinski definition) is 6. The molecule has 0 saturated heterocycles. The Morgan fingerprint density at radius 2 is 1.96 bits per heavy atom. The summed E-state index contributed by atoms with van der Waals surface area (Å²) >= 11 is 2.89. The number of aromatic nitrogens is 2. The third-order valence-corrected chi connectivity index (χ3v) is 7.25. The van der Waals surface area contributed by atoms with Crippen LogP contribution in [0.1, 0.15) is 36.6 Å². The molecule has 2 heterocycles. The summed E-state index contributed by atoms with van der Waals surface area (Å²) < 4.78 is 6.50. The van der Waals surface area contributed by atoms with E-state index in [-0.39, 0.29) is 11.5 Å². The number of aryl methyl sites for hydroxylation is 2. The maximum atomic E-state index is 13.6. The van der Waals surface area contributed by atoms with Crippen LogP contribution in [-0.2, 0) is 22.4 Å². The summed E-state index contributed by atoms with van der Waals surface area (Å²) in [6, 6.07) is 9.51. The fraction of sp³-hybridized carbons (Fsp3) is 0.381. The van der Waals surface area contributed by atoms with E-state index in [2.05, 4.69) is 0 Å². The summed E-state index contributed by atoms with van der Waals surface area (Å²) in [5, 5.41) is 0.820. The van der Waals surface area contributed by atoms with Gasteiger partial charge in [-0.2, -0.15) is 0 Å². The Bertz CT molecular complexity index is 1070. The van der Waals surface area contributed by atoms with Crippen molar-refractivity contribution in [2.75, 3.05) is 7.11 Å². The normalized spacial score (nSPS) is 15.1. The van der Waals surface area contributed by atoms with Crippen LogP contribution in [0.5, 0.6) is 0 Å². The van der Waals surface area contributed by atoms with E-state index in [4.69, 9.17) is 9.72 Å². The van der Waals surface area contributed by atoms with Crippen molar-refractivity contribution in [3.8, 4) is 5.69 Å². The number of carbonyl (C=O) groups excluding carboxylic acids is 1. The van der Waals surface area contributed by atoms with Gasteiger partial charge in [-0.25, -0.2) is 4.98 Å². The van der Waals surface area contributed by atoms with Crippen molar-refractivity contribution in [1.29, 1.82) is 0 Å². The SMILES string of the molecule is COC(=O)[C@@H](C)Sc1nc2sc3c(c2c(=O)n1-c1ccccc1)CCCCC3. The second kappa shape index (κ2) is 8.09. The van der Waals surface area contributed by atoms with Gasteiger partial charge < -0.3 is 4.74 Å². The minimum Gasteiger partial charge on any atom is -0.468 e. The third-order valence-electron chi connectivity index (χ3n) is 5.04. The van der Waals surface area contributed by atoms with E-state index in [9.17, 15) is 9.59 Å². The first kappa shape index (κ1) is 19.2. The van der Waals surface area contributed by atoms with Crippen LogP contribution in [0.15, 0.2) is 40.3 Å². The second-order valence-electron chi connectivity index (χ2n) is 6.90. The van der Waals surface area contributed by atoms with Crippen LogP contribution in [0.25, 0.3) is 15.9 Å². The van der Waals surface area contributed by atoms with Gasteiger partial charge in [-0.15, -0.1) is 11.3 Å². The molecule has 7 heteroatoms. The molecule has 1 aliphatic carbocycles. The fourth-order valence-electron chi connectivity index (χ4n) is 3.62. The molecule has 0 aliphatic heterocycles. The molecule has 0 fully saturated rings. The van der Waals surface area contributed by atoms with Crippen molar-refractivity contribution in [3.63, 3.8) is 0 Å². The predicted octanol–water partition coefficient (Wildman–Crippen LogP) is 4.37. The van der Waals surface area contributed by atoms with Gasteiger partial charge in [0.2, 0.25) is 0 Å². The van der Waals surface area contributed by atoms with Crippen molar-refractivity contribution in [2.45, 2.75) is 49.4 Å². The van der Waals surface area contributed by atoms with Gasteiger partial charge in [0, 0.05) is 4.88 Å². The van der Waals surface area contributed by atoms with E-state index in [1.807, 2.05) is 30.3 Å². The molecule has 0 N–H and O–H groups in total. The Hall–Kier alpha value is -2.12. The fourth-order valence-corrected chi connectivity index (χ4v) is 5.88. The van der Waals surface area contributed by atoms with Crippen molar-refractivity contribution in [1.82, 2.24) is 9.55 Å². The number of para-hydroxylation sites is 1. The number of hydrogen-bond donors (Lipinski definition) is 0. The maximum absolute atomic E-state index is 13.6. The number of thioether (sulfide) groups is 1. The number of ether oxygens (including phenoxy) is 1. The highest BCUT2D eigenvalue weighted by atomic mass is 32.2. The Balaban J connectivity index is 1.94. The zero-order chi connectivity index (χ0) is 19.7. The highest BCUT2D eigenvalue weighted by molar-refractivity contribution is 8.00. The summed E-state index contributed by atoms with van der Waals surface area (Å²) in [5.74, 6) is -0.332. The number of esters is 1. The Morgan fingerprint density at radius 1 is 1.21 bits per heavy atom. The molecule has 28 heavy (non-hydrogen) atoms. The molecule has 0 radical (unpaired) electrons. The van der Waals surface area contributed by atoms with Gasteiger partial charge in [-0.05, 0) is 50.3 Å². The van der Waals surface area contributed by atoms with Gasteiger partial charge in [-0.1, -0.05) is 36.4 Å². The molecule has 5 nitrogen and oxygen atoms in total. The Kier molecular flexibility index (Phi) is 5.55. The molecule has 146 valence electrons. The topological polar surface area (TPSA) is 61.2 Å². The van der Waals surface area contributed by atoms with Crippen molar-refractivity contribution >= 4 is 39.3 Å². The summed E-state index contributed by atoms with van der Waals surface area (Å²) in [4.78, 5) is 32.5. The lowest BCUT2D eigenvalue weighted by molar-refractivity contribution is -0.139. The van der Waals surface area contributed by atoms with Crippen LogP contribution >= 0.6 is 23.1 Å². The van der Waals surface area contributed by atoms with Crippen molar-refractivity contribution in [3.05, 3.63) is 51.1 Å².